The van der Waals surface area contributed by atoms with Crippen molar-refractivity contribution in [3.8, 4) is 0 Å². The van der Waals surface area contributed by atoms with Gasteiger partial charge in [0, 0.05) is 26.3 Å². The normalized spacial score (nSPS) is 17.6. The Kier molecular flexibility index (Phi) is 6.76. The van der Waals surface area contributed by atoms with Gasteiger partial charge in [0.15, 0.2) is 0 Å². The number of carbonyl (C=O) groups excluding carboxylic acids is 2. The lowest BCUT2D eigenvalue weighted by Crippen LogP contribution is -2.41. The molecule has 1 aromatic rings. The number of ether oxygens (including phenoxy) is 2. The van der Waals surface area contributed by atoms with E-state index in [0.29, 0.717) is 25.5 Å². The number of esters is 1. The first-order chi connectivity index (χ1) is 13.5. The Bertz CT molecular complexity index is 750. The lowest BCUT2D eigenvalue weighted by atomic mass is 9.82. The molecule has 3 rings (SSSR count). The van der Waals surface area contributed by atoms with Gasteiger partial charge in [-0.15, -0.1) is 0 Å². The summed E-state index contributed by atoms with van der Waals surface area (Å²) >= 11 is 0. The molecule has 0 aromatic heterocycles. The summed E-state index contributed by atoms with van der Waals surface area (Å²) in [5, 5.41) is 0. The van der Waals surface area contributed by atoms with E-state index in [1.165, 1.54) is 16.7 Å². The number of benzene rings is 1. The van der Waals surface area contributed by atoms with Crippen LogP contribution in [0.4, 0.5) is 0 Å². The molecule has 1 saturated heterocycles. The molecule has 28 heavy (non-hydrogen) atoms. The molecule has 2 heterocycles. The Labute approximate surface area is 168 Å². The monoisotopic (exact) mass is 387 g/mol. The maximum atomic E-state index is 12.9. The second-order valence-electron chi connectivity index (χ2n) is 8.01. The van der Waals surface area contributed by atoms with Gasteiger partial charge < -0.3 is 14.4 Å². The molecule has 5 nitrogen and oxygen atoms in total. The largest absolute Gasteiger partial charge is 0.466 e. The van der Waals surface area contributed by atoms with Gasteiger partial charge >= 0.3 is 5.97 Å². The molecule has 0 aliphatic carbocycles. The second-order valence-corrected chi connectivity index (χ2v) is 8.01. The molecule has 0 bridgehead atoms. The fraction of sp³-hybridized carbons (Fsp3) is 0.652. The number of rotatable bonds is 6. The van der Waals surface area contributed by atoms with E-state index in [2.05, 4.69) is 20.8 Å². The molecule has 5 heteroatoms. The maximum Gasteiger partial charge on any atom is 0.310 e. The standard InChI is InChI=1S/C23H33NO4/c1-5-18-15(3)21-14-24(13-17-7-9-27-10-8-17)22(25)11-19(21)16(4)20(18)12-23(26)28-6-2/h17H,5-14H2,1-4H3. The number of hydrogen-bond acceptors (Lipinski definition) is 4. The van der Waals surface area contributed by atoms with Crippen molar-refractivity contribution in [3.63, 3.8) is 0 Å². The molecule has 1 aromatic carbocycles. The van der Waals surface area contributed by atoms with Crippen LogP contribution in [-0.2, 0) is 44.9 Å². The minimum atomic E-state index is -0.192. The zero-order valence-electron chi connectivity index (χ0n) is 17.7. The Morgan fingerprint density at radius 1 is 1.11 bits per heavy atom. The van der Waals surface area contributed by atoms with Crippen LogP contribution in [0.5, 0.6) is 0 Å². The lowest BCUT2D eigenvalue weighted by Gasteiger charge is -2.36. The molecule has 0 radical (unpaired) electrons. The first-order valence-corrected chi connectivity index (χ1v) is 10.6. The molecule has 1 fully saturated rings. The highest BCUT2D eigenvalue weighted by molar-refractivity contribution is 5.83. The quantitative estimate of drug-likeness (QED) is 0.703. The van der Waals surface area contributed by atoms with Gasteiger partial charge in [0.05, 0.1) is 19.4 Å². The van der Waals surface area contributed by atoms with Gasteiger partial charge in [0.25, 0.3) is 0 Å². The van der Waals surface area contributed by atoms with Crippen LogP contribution in [0.1, 0.15) is 60.1 Å². The van der Waals surface area contributed by atoms with Crippen molar-refractivity contribution in [2.24, 2.45) is 5.92 Å². The number of fused-ring (bicyclic) bond motifs is 1. The highest BCUT2D eigenvalue weighted by Gasteiger charge is 2.30. The summed E-state index contributed by atoms with van der Waals surface area (Å²) in [6.07, 6.45) is 3.67. The van der Waals surface area contributed by atoms with Crippen molar-refractivity contribution >= 4 is 11.9 Å². The van der Waals surface area contributed by atoms with Crippen molar-refractivity contribution in [2.75, 3.05) is 26.4 Å². The molecular formula is C23H33NO4. The summed E-state index contributed by atoms with van der Waals surface area (Å²) in [7, 11) is 0. The SMILES string of the molecule is CCOC(=O)Cc1c(C)c2c(c(C)c1CC)CN(CC1CCOCC1)C(=O)C2. The Morgan fingerprint density at radius 3 is 2.43 bits per heavy atom. The van der Waals surface area contributed by atoms with Crippen molar-refractivity contribution < 1.29 is 19.1 Å². The van der Waals surface area contributed by atoms with Crippen LogP contribution in [0.25, 0.3) is 0 Å². The molecule has 154 valence electrons. The number of carbonyl (C=O) groups is 2. The first-order valence-electron chi connectivity index (χ1n) is 10.6. The van der Waals surface area contributed by atoms with Crippen LogP contribution in [0.3, 0.4) is 0 Å². The van der Waals surface area contributed by atoms with Gasteiger partial charge in [-0.25, -0.2) is 0 Å². The van der Waals surface area contributed by atoms with Gasteiger partial charge in [0.1, 0.15) is 0 Å². The highest BCUT2D eigenvalue weighted by Crippen LogP contribution is 2.34. The molecule has 0 unspecified atom stereocenters. The van der Waals surface area contributed by atoms with Gasteiger partial charge in [-0.1, -0.05) is 6.92 Å². The fourth-order valence-corrected chi connectivity index (χ4v) is 4.75. The van der Waals surface area contributed by atoms with Crippen LogP contribution in [-0.4, -0.2) is 43.1 Å². The van der Waals surface area contributed by atoms with Crippen molar-refractivity contribution in [1.82, 2.24) is 4.90 Å². The Morgan fingerprint density at radius 2 is 1.79 bits per heavy atom. The van der Waals surface area contributed by atoms with E-state index in [1.807, 2.05) is 11.8 Å². The number of amides is 1. The van der Waals surface area contributed by atoms with E-state index in [4.69, 9.17) is 9.47 Å². The Balaban J connectivity index is 1.90. The van der Waals surface area contributed by atoms with E-state index in [0.717, 1.165) is 55.7 Å². The van der Waals surface area contributed by atoms with E-state index >= 15 is 0 Å². The summed E-state index contributed by atoms with van der Waals surface area (Å²) in [6, 6.07) is 0. The van der Waals surface area contributed by atoms with Crippen LogP contribution >= 0.6 is 0 Å². The molecular weight excluding hydrogens is 354 g/mol. The predicted molar refractivity (Wildman–Crippen MR) is 108 cm³/mol. The third-order valence-electron chi connectivity index (χ3n) is 6.37. The fourth-order valence-electron chi connectivity index (χ4n) is 4.75. The zero-order chi connectivity index (χ0) is 20.3. The molecule has 1 amide bonds. The predicted octanol–water partition coefficient (Wildman–Crippen LogP) is 3.28. The van der Waals surface area contributed by atoms with Crippen molar-refractivity contribution in [2.45, 2.75) is 66.3 Å². The first kappa shape index (κ1) is 20.8. The average Bonchev–Trinajstić information content (AvgIpc) is 2.68. The van der Waals surface area contributed by atoms with E-state index in [9.17, 15) is 9.59 Å². The van der Waals surface area contributed by atoms with Gasteiger partial charge in [-0.2, -0.15) is 0 Å². The Hall–Kier alpha value is -1.88. The van der Waals surface area contributed by atoms with Crippen LogP contribution < -0.4 is 0 Å². The summed E-state index contributed by atoms with van der Waals surface area (Å²) in [5.74, 6) is 0.546. The number of nitrogens with zero attached hydrogens (tertiary/aromatic N) is 1. The maximum absolute atomic E-state index is 12.9. The minimum Gasteiger partial charge on any atom is -0.466 e. The van der Waals surface area contributed by atoms with Crippen molar-refractivity contribution in [1.29, 1.82) is 0 Å². The smallest absolute Gasteiger partial charge is 0.310 e. The molecule has 0 spiro atoms. The van der Waals surface area contributed by atoms with Crippen LogP contribution in [0, 0.1) is 19.8 Å². The van der Waals surface area contributed by atoms with Gasteiger partial charge in [-0.3, -0.25) is 9.59 Å². The molecule has 0 atom stereocenters. The number of hydrogen-bond donors (Lipinski definition) is 0. The summed E-state index contributed by atoms with van der Waals surface area (Å²) < 4.78 is 10.6. The minimum absolute atomic E-state index is 0.192. The topological polar surface area (TPSA) is 55.8 Å². The summed E-state index contributed by atoms with van der Waals surface area (Å²) in [5.41, 5.74) is 7.06. The molecule has 2 aliphatic heterocycles. The van der Waals surface area contributed by atoms with Crippen LogP contribution in [0.15, 0.2) is 0 Å². The summed E-state index contributed by atoms with van der Waals surface area (Å²) in [4.78, 5) is 27.1. The highest BCUT2D eigenvalue weighted by atomic mass is 16.5. The molecule has 0 saturated carbocycles. The third-order valence-corrected chi connectivity index (χ3v) is 6.37. The van der Waals surface area contributed by atoms with Gasteiger partial charge in [0.2, 0.25) is 5.91 Å². The van der Waals surface area contributed by atoms with Crippen LogP contribution in [0.2, 0.25) is 0 Å². The third kappa shape index (κ3) is 4.24. The second kappa shape index (κ2) is 9.08. The molecule has 2 aliphatic rings. The van der Waals surface area contributed by atoms with E-state index in [-0.39, 0.29) is 18.3 Å². The van der Waals surface area contributed by atoms with Gasteiger partial charge in [-0.05, 0) is 79.3 Å². The lowest BCUT2D eigenvalue weighted by molar-refractivity contribution is -0.142. The molecule has 0 N–H and O–H groups in total. The van der Waals surface area contributed by atoms with E-state index in [1.54, 1.807) is 0 Å². The van der Waals surface area contributed by atoms with E-state index < -0.39 is 0 Å². The zero-order valence-corrected chi connectivity index (χ0v) is 17.7. The van der Waals surface area contributed by atoms with Crippen molar-refractivity contribution in [3.05, 3.63) is 33.4 Å². The average molecular weight is 388 g/mol. The summed E-state index contributed by atoms with van der Waals surface area (Å²) in [6.45, 7) is 11.7.